The van der Waals surface area contributed by atoms with Gasteiger partial charge in [-0.2, -0.15) is 0 Å². The topological polar surface area (TPSA) is 70.2 Å². The summed E-state index contributed by atoms with van der Waals surface area (Å²) in [4.78, 5) is 23.8. The highest BCUT2D eigenvalue weighted by molar-refractivity contribution is 5.96. The summed E-state index contributed by atoms with van der Waals surface area (Å²) in [5, 5.41) is 8.86. The van der Waals surface area contributed by atoms with Crippen LogP contribution in [0.2, 0.25) is 0 Å². The molecule has 0 atom stereocenters. The molecule has 1 aromatic carbocycles. The molecular weight excluding hydrogens is 314 g/mol. The van der Waals surface area contributed by atoms with Crippen LogP contribution in [0.3, 0.4) is 0 Å². The molecule has 5 heteroatoms. The molecule has 0 heterocycles. The van der Waals surface area contributed by atoms with E-state index < -0.39 is 0 Å². The fourth-order valence-corrected chi connectivity index (χ4v) is 2.83. The van der Waals surface area contributed by atoms with Crippen molar-refractivity contribution < 1.29 is 9.59 Å². The highest BCUT2D eigenvalue weighted by Gasteiger charge is 2.07. The van der Waals surface area contributed by atoms with Gasteiger partial charge < -0.3 is 16.0 Å². The molecule has 0 aliphatic heterocycles. The van der Waals surface area contributed by atoms with Crippen LogP contribution in [0.4, 0.5) is 5.69 Å². The van der Waals surface area contributed by atoms with E-state index >= 15 is 0 Å². The van der Waals surface area contributed by atoms with Crippen LogP contribution in [0.15, 0.2) is 35.9 Å². The molecular formula is C20H29N3O2. The van der Waals surface area contributed by atoms with Gasteiger partial charge in [0.05, 0.1) is 6.54 Å². The number of carbonyl (C=O) groups is 2. The second kappa shape index (κ2) is 10.7. The summed E-state index contributed by atoms with van der Waals surface area (Å²) in [5.41, 5.74) is 2.82. The minimum atomic E-state index is -0.0848. The zero-order valence-electron chi connectivity index (χ0n) is 15.1. The minimum absolute atomic E-state index is 0.0687. The van der Waals surface area contributed by atoms with E-state index in [1.807, 2.05) is 6.92 Å². The summed E-state index contributed by atoms with van der Waals surface area (Å²) < 4.78 is 0. The maximum atomic E-state index is 12.0. The average Bonchev–Trinajstić information content (AvgIpc) is 2.65. The van der Waals surface area contributed by atoms with Crippen LogP contribution in [0.5, 0.6) is 0 Å². The van der Waals surface area contributed by atoms with Gasteiger partial charge in [0.1, 0.15) is 0 Å². The Morgan fingerprint density at radius 3 is 2.56 bits per heavy atom. The molecule has 0 unspecified atom stereocenters. The van der Waals surface area contributed by atoms with Gasteiger partial charge in [-0.25, -0.2) is 0 Å². The van der Waals surface area contributed by atoms with E-state index in [0.717, 1.165) is 19.4 Å². The first-order chi connectivity index (χ1) is 12.2. The number of nitrogens with one attached hydrogen (secondary N) is 3. The molecule has 25 heavy (non-hydrogen) atoms. The Morgan fingerprint density at radius 2 is 1.88 bits per heavy atom. The maximum Gasteiger partial charge on any atom is 0.251 e. The predicted octanol–water partition coefficient (Wildman–Crippen LogP) is 3.25. The van der Waals surface area contributed by atoms with Crippen LogP contribution in [0.25, 0.3) is 0 Å². The first-order valence-corrected chi connectivity index (χ1v) is 9.25. The van der Waals surface area contributed by atoms with Gasteiger partial charge in [-0.15, -0.1) is 0 Å². The van der Waals surface area contributed by atoms with Crippen LogP contribution >= 0.6 is 0 Å². The maximum absolute atomic E-state index is 12.0. The van der Waals surface area contributed by atoms with Crippen LogP contribution in [-0.4, -0.2) is 31.4 Å². The number of benzene rings is 1. The third-order valence-corrected chi connectivity index (χ3v) is 4.26. The Labute approximate surface area is 150 Å². The van der Waals surface area contributed by atoms with Crippen LogP contribution in [0, 0.1) is 0 Å². The van der Waals surface area contributed by atoms with Crippen LogP contribution < -0.4 is 16.0 Å². The van der Waals surface area contributed by atoms with Crippen molar-refractivity contribution >= 4 is 17.5 Å². The van der Waals surface area contributed by atoms with Crippen LogP contribution in [0.1, 0.15) is 55.8 Å². The molecule has 2 rings (SSSR count). The van der Waals surface area contributed by atoms with Gasteiger partial charge in [-0.05, 0) is 69.3 Å². The Kier molecular flexibility index (Phi) is 8.19. The fourth-order valence-electron chi connectivity index (χ4n) is 2.83. The van der Waals surface area contributed by atoms with Gasteiger partial charge in [0, 0.05) is 17.8 Å². The Balaban J connectivity index is 1.67. The molecule has 1 aromatic rings. The largest absolute Gasteiger partial charge is 0.352 e. The van der Waals surface area contributed by atoms with Gasteiger partial charge in [-0.1, -0.05) is 18.6 Å². The number of hydrogen-bond acceptors (Lipinski definition) is 3. The molecule has 1 aliphatic rings. The Hall–Kier alpha value is -2.14. The van der Waals surface area contributed by atoms with E-state index in [9.17, 15) is 9.59 Å². The minimum Gasteiger partial charge on any atom is -0.352 e. The summed E-state index contributed by atoms with van der Waals surface area (Å²) in [7, 11) is 0. The molecule has 136 valence electrons. The molecule has 0 saturated heterocycles. The lowest BCUT2D eigenvalue weighted by Crippen LogP contribution is -2.29. The fraction of sp³-hybridized carbons (Fsp3) is 0.500. The summed E-state index contributed by atoms with van der Waals surface area (Å²) in [5.74, 6) is -0.154. The molecule has 3 N–H and O–H groups in total. The smallest absolute Gasteiger partial charge is 0.251 e. The Bertz CT molecular complexity index is 593. The van der Waals surface area contributed by atoms with Gasteiger partial charge in [0.15, 0.2) is 0 Å². The molecule has 0 bridgehead atoms. The number of anilines is 1. The highest BCUT2D eigenvalue weighted by atomic mass is 16.2. The molecule has 1 aliphatic carbocycles. The van der Waals surface area contributed by atoms with Gasteiger partial charge in [0.2, 0.25) is 5.91 Å². The lowest BCUT2D eigenvalue weighted by Gasteiger charge is -2.13. The zero-order chi connectivity index (χ0) is 17.9. The van der Waals surface area contributed by atoms with E-state index in [4.69, 9.17) is 0 Å². The van der Waals surface area contributed by atoms with Crippen molar-refractivity contribution in [3.8, 4) is 0 Å². The van der Waals surface area contributed by atoms with Gasteiger partial charge >= 0.3 is 0 Å². The third-order valence-electron chi connectivity index (χ3n) is 4.26. The lowest BCUT2D eigenvalue weighted by atomic mass is 9.97. The first-order valence-electron chi connectivity index (χ1n) is 9.25. The van der Waals surface area contributed by atoms with Gasteiger partial charge in [-0.3, -0.25) is 9.59 Å². The van der Waals surface area contributed by atoms with Crippen molar-refractivity contribution in [3.63, 3.8) is 0 Å². The van der Waals surface area contributed by atoms with E-state index in [0.29, 0.717) is 24.3 Å². The molecule has 0 saturated carbocycles. The summed E-state index contributed by atoms with van der Waals surface area (Å²) in [6.45, 7) is 3.81. The SMILES string of the molecule is CCCNC(=O)c1ccc(NC(=O)CNCCC2=CCCCC2)cc1. The number of hydrogen-bond donors (Lipinski definition) is 3. The van der Waals surface area contributed by atoms with E-state index in [1.165, 1.54) is 31.3 Å². The number of carbonyl (C=O) groups excluding carboxylic acids is 2. The normalized spacial score (nSPS) is 13.9. The average molecular weight is 343 g/mol. The van der Waals surface area contributed by atoms with Crippen molar-refractivity contribution in [1.29, 1.82) is 0 Å². The predicted molar refractivity (Wildman–Crippen MR) is 102 cm³/mol. The van der Waals surface area contributed by atoms with Crippen molar-refractivity contribution in [2.45, 2.75) is 45.4 Å². The first kappa shape index (κ1) is 19.2. The summed E-state index contributed by atoms with van der Waals surface area (Å²) >= 11 is 0. The Morgan fingerprint density at radius 1 is 1.08 bits per heavy atom. The monoisotopic (exact) mass is 343 g/mol. The lowest BCUT2D eigenvalue weighted by molar-refractivity contribution is -0.115. The zero-order valence-corrected chi connectivity index (χ0v) is 15.1. The standard InChI is InChI=1S/C20H29N3O2/c1-2-13-22-20(25)17-8-10-18(11-9-17)23-19(24)15-21-14-12-16-6-4-3-5-7-16/h6,8-11,21H,2-5,7,12-15H2,1H3,(H,22,25)(H,23,24). The van der Waals surface area contributed by atoms with Crippen molar-refractivity contribution in [3.05, 3.63) is 41.5 Å². The highest BCUT2D eigenvalue weighted by Crippen LogP contribution is 2.19. The van der Waals surface area contributed by atoms with E-state index in [2.05, 4.69) is 22.0 Å². The van der Waals surface area contributed by atoms with Crippen molar-refractivity contribution in [1.82, 2.24) is 10.6 Å². The van der Waals surface area contributed by atoms with Crippen molar-refractivity contribution in [2.75, 3.05) is 25.0 Å². The number of allylic oxidation sites excluding steroid dienone is 1. The second-order valence-corrected chi connectivity index (χ2v) is 6.42. The molecule has 0 fully saturated rings. The second-order valence-electron chi connectivity index (χ2n) is 6.42. The molecule has 0 aromatic heterocycles. The van der Waals surface area contributed by atoms with Crippen LogP contribution in [-0.2, 0) is 4.79 Å². The molecule has 0 radical (unpaired) electrons. The molecule has 2 amide bonds. The van der Waals surface area contributed by atoms with E-state index in [-0.39, 0.29) is 11.8 Å². The third kappa shape index (κ3) is 7.10. The van der Waals surface area contributed by atoms with Gasteiger partial charge in [0.25, 0.3) is 5.91 Å². The quantitative estimate of drug-likeness (QED) is 0.476. The van der Waals surface area contributed by atoms with Crippen molar-refractivity contribution in [2.24, 2.45) is 0 Å². The molecule has 0 spiro atoms. The summed E-state index contributed by atoms with van der Waals surface area (Å²) in [6.07, 6.45) is 9.26. The van der Waals surface area contributed by atoms with E-state index in [1.54, 1.807) is 24.3 Å². The number of rotatable bonds is 9. The molecule has 5 nitrogen and oxygen atoms in total. The summed E-state index contributed by atoms with van der Waals surface area (Å²) in [6, 6.07) is 6.96. The number of amides is 2.